The standard InChI is InChI=1S/C25H30FN3O7/c1-25(2,3)36-24(33)17-11-15(30)12-29(17)23-22-21(16-8-7-14(26)10-18(16)35-22)27-19(28-23)6-4-5-9-34-13-20(31)32/h7-8,10,15,17,30H,4-6,9,11-13H2,1-3H3,(H,31,32)/t15-,17-/m0/s1. The Kier molecular flexibility index (Phi) is 7.41. The van der Waals surface area contributed by atoms with Crippen molar-refractivity contribution in [2.24, 2.45) is 0 Å². The molecule has 0 aliphatic carbocycles. The minimum Gasteiger partial charge on any atom is -0.480 e. The molecule has 4 rings (SSSR count). The maximum Gasteiger partial charge on any atom is 0.329 e. The SMILES string of the molecule is CC(C)(C)OC(=O)[C@@H]1C[C@H](O)CN1c1nc(CCCCOCC(=O)O)nc2c1oc1cc(F)ccc12. The van der Waals surface area contributed by atoms with Crippen LogP contribution in [0.5, 0.6) is 0 Å². The van der Waals surface area contributed by atoms with Gasteiger partial charge in [-0.1, -0.05) is 0 Å². The van der Waals surface area contributed by atoms with Crippen LogP contribution in [0.1, 0.15) is 45.9 Å². The molecule has 11 heteroatoms. The van der Waals surface area contributed by atoms with Gasteiger partial charge >= 0.3 is 11.9 Å². The molecule has 194 valence electrons. The highest BCUT2D eigenvalue weighted by Gasteiger charge is 2.41. The lowest BCUT2D eigenvalue weighted by molar-refractivity contribution is -0.156. The van der Waals surface area contributed by atoms with Gasteiger partial charge in [-0.15, -0.1) is 0 Å². The summed E-state index contributed by atoms with van der Waals surface area (Å²) in [5.41, 5.74) is 0.374. The Morgan fingerprint density at radius 2 is 2.03 bits per heavy atom. The predicted octanol–water partition coefficient (Wildman–Crippen LogP) is 3.22. The number of fused-ring (bicyclic) bond motifs is 3. The fourth-order valence-corrected chi connectivity index (χ4v) is 4.24. The topological polar surface area (TPSA) is 135 Å². The van der Waals surface area contributed by atoms with E-state index in [0.717, 1.165) is 0 Å². The van der Waals surface area contributed by atoms with Gasteiger partial charge < -0.3 is 29.0 Å². The number of benzene rings is 1. The number of hydrogen-bond acceptors (Lipinski definition) is 9. The molecular formula is C25H30FN3O7. The average molecular weight is 504 g/mol. The van der Waals surface area contributed by atoms with Crippen molar-refractivity contribution in [3.8, 4) is 0 Å². The van der Waals surface area contributed by atoms with E-state index in [1.165, 1.54) is 12.1 Å². The zero-order chi connectivity index (χ0) is 26.0. The number of aliphatic hydroxyl groups is 1. The number of halogens is 1. The van der Waals surface area contributed by atoms with E-state index in [1.54, 1.807) is 31.7 Å². The van der Waals surface area contributed by atoms with E-state index < -0.39 is 35.5 Å². The fraction of sp³-hybridized carbons (Fsp3) is 0.520. The Morgan fingerprint density at radius 1 is 1.25 bits per heavy atom. The molecule has 2 atom stereocenters. The van der Waals surface area contributed by atoms with E-state index in [-0.39, 0.29) is 26.2 Å². The molecule has 0 spiro atoms. The summed E-state index contributed by atoms with van der Waals surface area (Å²) in [5.74, 6) is -1.15. The molecule has 2 N–H and O–H groups in total. The van der Waals surface area contributed by atoms with Gasteiger partial charge in [-0.05, 0) is 45.7 Å². The summed E-state index contributed by atoms with van der Waals surface area (Å²) in [6, 6.07) is 3.40. The summed E-state index contributed by atoms with van der Waals surface area (Å²) in [5, 5.41) is 19.7. The van der Waals surface area contributed by atoms with E-state index in [4.69, 9.17) is 19.0 Å². The van der Waals surface area contributed by atoms with Crippen LogP contribution in [0.2, 0.25) is 0 Å². The van der Waals surface area contributed by atoms with Crippen LogP contribution in [0.15, 0.2) is 22.6 Å². The van der Waals surface area contributed by atoms with Crippen molar-refractivity contribution in [1.82, 2.24) is 9.97 Å². The molecule has 1 aromatic carbocycles. The van der Waals surface area contributed by atoms with Gasteiger partial charge in [-0.3, -0.25) is 0 Å². The third kappa shape index (κ3) is 5.90. The highest BCUT2D eigenvalue weighted by atomic mass is 19.1. The van der Waals surface area contributed by atoms with Crippen molar-refractivity contribution < 1.29 is 38.1 Å². The van der Waals surface area contributed by atoms with E-state index in [0.29, 0.717) is 53.0 Å². The number of carboxylic acid groups (broad SMARTS) is 1. The predicted molar refractivity (Wildman–Crippen MR) is 128 cm³/mol. The molecule has 0 amide bonds. The third-order valence-electron chi connectivity index (χ3n) is 5.70. The quantitative estimate of drug-likeness (QED) is 0.331. The number of aryl methyl sites for hydroxylation is 1. The van der Waals surface area contributed by atoms with Crippen LogP contribution in [0.25, 0.3) is 22.1 Å². The molecule has 3 aromatic rings. The molecule has 0 unspecified atom stereocenters. The Hall–Kier alpha value is -3.31. The van der Waals surface area contributed by atoms with Crippen LogP contribution in [-0.2, 0) is 25.5 Å². The summed E-state index contributed by atoms with van der Waals surface area (Å²) in [6.07, 6.45) is 1.09. The Balaban J connectivity index is 1.68. The summed E-state index contributed by atoms with van der Waals surface area (Å²) in [7, 11) is 0. The fourth-order valence-electron chi connectivity index (χ4n) is 4.24. The lowest BCUT2D eigenvalue weighted by Gasteiger charge is -2.28. The number of aromatic nitrogens is 2. The summed E-state index contributed by atoms with van der Waals surface area (Å²) >= 11 is 0. The van der Waals surface area contributed by atoms with E-state index in [9.17, 15) is 19.1 Å². The molecule has 10 nitrogen and oxygen atoms in total. The number of hydrogen-bond donors (Lipinski definition) is 2. The minimum absolute atomic E-state index is 0.143. The summed E-state index contributed by atoms with van der Waals surface area (Å²) in [6.45, 7) is 5.40. The number of anilines is 1. The number of carbonyl (C=O) groups is 2. The summed E-state index contributed by atoms with van der Waals surface area (Å²) in [4.78, 5) is 34.6. The zero-order valence-electron chi connectivity index (χ0n) is 20.5. The first-order chi connectivity index (χ1) is 17.0. The van der Waals surface area contributed by atoms with Gasteiger partial charge in [0.15, 0.2) is 11.4 Å². The molecule has 36 heavy (non-hydrogen) atoms. The highest BCUT2D eigenvalue weighted by molar-refractivity contribution is 6.06. The number of rotatable bonds is 9. The number of furan rings is 1. The molecule has 1 aliphatic heterocycles. The highest BCUT2D eigenvalue weighted by Crippen LogP contribution is 2.37. The molecule has 3 heterocycles. The van der Waals surface area contributed by atoms with Crippen molar-refractivity contribution in [2.75, 3.05) is 24.7 Å². The van der Waals surface area contributed by atoms with Crippen molar-refractivity contribution in [3.05, 3.63) is 29.8 Å². The molecule has 2 aromatic heterocycles. The molecular weight excluding hydrogens is 473 g/mol. The second-order valence-corrected chi connectivity index (χ2v) is 9.88. The van der Waals surface area contributed by atoms with Gasteiger partial charge in [0, 0.05) is 37.4 Å². The van der Waals surface area contributed by atoms with Crippen molar-refractivity contribution in [2.45, 2.75) is 64.2 Å². The van der Waals surface area contributed by atoms with Crippen LogP contribution < -0.4 is 4.90 Å². The first kappa shape index (κ1) is 25.8. The normalized spacial score (nSPS) is 18.3. The van der Waals surface area contributed by atoms with Crippen LogP contribution in [0, 0.1) is 5.82 Å². The van der Waals surface area contributed by atoms with Gasteiger partial charge in [0.25, 0.3) is 0 Å². The molecule has 0 radical (unpaired) electrons. The van der Waals surface area contributed by atoms with Gasteiger partial charge in [0.1, 0.15) is 41.0 Å². The monoisotopic (exact) mass is 503 g/mol. The Labute approximate surface area is 207 Å². The van der Waals surface area contributed by atoms with Gasteiger partial charge in [-0.2, -0.15) is 0 Å². The number of ether oxygens (including phenoxy) is 2. The van der Waals surface area contributed by atoms with Gasteiger partial charge in [0.05, 0.1) is 6.10 Å². The average Bonchev–Trinajstić information content (AvgIpc) is 3.34. The second-order valence-electron chi connectivity index (χ2n) is 9.88. The Morgan fingerprint density at radius 3 is 2.75 bits per heavy atom. The number of nitrogens with zero attached hydrogens (tertiary/aromatic N) is 3. The maximum absolute atomic E-state index is 13.9. The van der Waals surface area contributed by atoms with Crippen molar-refractivity contribution >= 4 is 39.8 Å². The lowest BCUT2D eigenvalue weighted by atomic mass is 10.1. The van der Waals surface area contributed by atoms with Crippen molar-refractivity contribution in [1.29, 1.82) is 0 Å². The number of unbranched alkanes of at least 4 members (excludes halogenated alkanes) is 1. The smallest absolute Gasteiger partial charge is 0.329 e. The number of carboxylic acids is 1. The lowest BCUT2D eigenvalue weighted by Crippen LogP contribution is -2.41. The first-order valence-electron chi connectivity index (χ1n) is 11.9. The third-order valence-corrected chi connectivity index (χ3v) is 5.70. The Bertz CT molecular complexity index is 1270. The minimum atomic E-state index is -1.02. The van der Waals surface area contributed by atoms with Crippen LogP contribution in [0.4, 0.5) is 10.2 Å². The van der Waals surface area contributed by atoms with E-state index >= 15 is 0 Å². The van der Waals surface area contributed by atoms with Crippen LogP contribution in [0.3, 0.4) is 0 Å². The number of aliphatic carboxylic acids is 1. The second kappa shape index (κ2) is 10.4. The van der Waals surface area contributed by atoms with Gasteiger partial charge in [-0.25, -0.2) is 23.9 Å². The van der Waals surface area contributed by atoms with Crippen LogP contribution in [-0.4, -0.2) is 69.6 Å². The number of β-amino-alcohol motifs (C(OH)–C–C–N with tert-alkyl or cyclic N) is 1. The molecule has 0 saturated carbocycles. The molecule has 1 fully saturated rings. The number of esters is 1. The van der Waals surface area contributed by atoms with Gasteiger partial charge in [0.2, 0.25) is 0 Å². The molecule has 1 saturated heterocycles. The first-order valence-corrected chi connectivity index (χ1v) is 11.9. The number of aliphatic hydroxyl groups excluding tert-OH is 1. The van der Waals surface area contributed by atoms with E-state index in [1.807, 2.05) is 0 Å². The largest absolute Gasteiger partial charge is 0.480 e. The molecule has 0 bridgehead atoms. The molecule has 1 aliphatic rings. The van der Waals surface area contributed by atoms with Crippen LogP contribution >= 0.6 is 0 Å². The zero-order valence-corrected chi connectivity index (χ0v) is 20.5. The van der Waals surface area contributed by atoms with Crippen molar-refractivity contribution in [3.63, 3.8) is 0 Å². The maximum atomic E-state index is 13.9. The number of carbonyl (C=O) groups excluding carboxylic acids is 1. The summed E-state index contributed by atoms with van der Waals surface area (Å²) < 4.78 is 30.5. The van der Waals surface area contributed by atoms with E-state index in [2.05, 4.69) is 9.97 Å².